The number of ketones is 1. The molecule has 6 heteroatoms. The summed E-state index contributed by atoms with van der Waals surface area (Å²) in [4.78, 5) is 27.4. The van der Waals surface area contributed by atoms with Gasteiger partial charge in [-0.1, -0.05) is 37.6 Å². The maximum atomic E-state index is 13.0. The van der Waals surface area contributed by atoms with E-state index >= 15 is 0 Å². The minimum Gasteiger partial charge on any atom is -0.507 e. The number of ether oxygens (including phenoxy) is 2. The highest BCUT2D eigenvalue weighted by molar-refractivity contribution is 6.46. The minimum atomic E-state index is -0.689. The van der Waals surface area contributed by atoms with Crippen LogP contribution >= 0.6 is 0 Å². The number of likely N-dealkylation sites (tertiary alicyclic amines) is 1. The SMILES string of the molecule is CCCOc1ccc(C2/C(=C(\O)c3cc(C)ccc3OC)C(=O)C(=O)N2CCC)cc1. The Labute approximate surface area is 183 Å². The van der Waals surface area contributed by atoms with Gasteiger partial charge in [0, 0.05) is 6.54 Å². The van der Waals surface area contributed by atoms with Gasteiger partial charge in [0.2, 0.25) is 0 Å². The monoisotopic (exact) mass is 423 g/mol. The molecule has 0 spiro atoms. The van der Waals surface area contributed by atoms with E-state index in [0.717, 1.165) is 23.3 Å². The smallest absolute Gasteiger partial charge is 0.295 e. The first-order valence-corrected chi connectivity index (χ1v) is 10.6. The van der Waals surface area contributed by atoms with Crippen molar-refractivity contribution in [3.05, 3.63) is 64.7 Å². The highest BCUT2D eigenvalue weighted by atomic mass is 16.5. The molecule has 1 aliphatic heterocycles. The fourth-order valence-electron chi connectivity index (χ4n) is 3.82. The van der Waals surface area contributed by atoms with Crippen molar-refractivity contribution >= 4 is 17.4 Å². The van der Waals surface area contributed by atoms with Crippen molar-refractivity contribution in [3.63, 3.8) is 0 Å². The van der Waals surface area contributed by atoms with E-state index in [9.17, 15) is 14.7 Å². The zero-order valence-electron chi connectivity index (χ0n) is 18.5. The van der Waals surface area contributed by atoms with Crippen molar-refractivity contribution in [3.8, 4) is 11.5 Å². The number of rotatable bonds is 8. The van der Waals surface area contributed by atoms with Crippen molar-refractivity contribution in [1.29, 1.82) is 0 Å². The second-order valence-corrected chi connectivity index (χ2v) is 7.61. The van der Waals surface area contributed by atoms with Crippen LogP contribution in [0.15, 0.2) is 48.0 Å². The number of aryl methyl sites for hydroxylation is 1. The third-order valence-corrected chi connectivity index (χ3v) is 5.28. The molecule has 31 heavy (non-hydrogen) atoms. The molecular formula is C25H29NO5. The summed E-state index contributed by atoms with van der Waals surface area (Å²) in [6.07, 6.45) is 1.59. The lowest BCUT2D eigenvalue weighted by Gasteiger charge is -2.25. The lowest BCUT2D eigenvalue weighted by molar-refractivity contribution is -0.139. The van der Waals surface area contributed by atoms with E-state index in [0.29, 0.717) is 30.9 Å². The number of hydrogen-bond acceptors (Lipinski definition) is 5. The number of hydrogen-bond donors (Lipinski definition) is 1. The van der Waals surface area contributed by atoms with Gasteiger partial charge in [-0.2, -0.15) is 0 Å². The van der Waals surface area contributed by atoms with Crippen LogP contribution in [0.5, 0.6) is 11.5 Å². The standard InChI is InChI=1S/C25H29NO5/c1-5-13-26-22(17-8-10-18(11-9-17)31-14-6-2)21(24(28)25(26)29)23(27)19-15-16(3)7-12-20(19)30-4/h7-12,15,22,27H,5-6,13-14H2,1-4H3/b23-21+. The molecule has 164 valence electrons. The first-order chi connectivity index (χ1) is 14.9. The maximum absolute atomic E-state index is 13.0. The highest BCUT2D eigenvalue weighted by Crippen LogP contribution is 2.41. The number of amides is 1. The molecule has 2 aromatic carbocycles. The van der Waals surface area contributed by atoms with Crippen LogP contribution < -0.4 is 9.47 Å². The van der Waals surface area contributed by atoms with E-state index in [4.69, 9.17) is 9.47 Å². The Morgan fingerprint density at radius 3 is 2.39 bits per heavy atom. The van der Waals surface area contributed by atoms with Gasteiger partial charge in [-0.25, -0.2) is 0 Å². The maximum Gasteiger partial charge on any atom is 0.295 e. The largest absolute Gasteiger partial charge is 0.507 e. The van der Waals surface area contributed by atoms with Gasteiger partial charge >= 0.3 is 0 Å². The Morgan fingerprint density at radius 1 is 1.06 bits per heavy atom. The summed E-state index contributed by atoms with van der Waals surface area (Å²) in [5.74, 6) is -0.365. The van der Waals surface area contributed by atoms with E-state index < -0.39 is 17.7 Å². The summed E-state index contributed by atoms with van der Waals surface area (Å²) in [5, 5.41) is 11.2. The predicted molar refractivity (Wildman–Crippen MR) is 119 cm³/mol. The number of carbonyl (C=O) groups is 2. The number of methoxy groups -OCH3 is 1. The molecule has 0 aromatic heterocycles. The average molecular weight is 424 g/mol. The van der Waals surface area contributed by atoms with Crippen LogP contribution in [0.1, 0.15) is 49.4 Å². The number of aliphatic hydroxyl groups excluding tert-OH is 1. The molecule has 0 aliphatic carbocycles. The van der Waals surface area contributed by atoms with Crippen molar-refractivity contribution in [2.45, 2.75) is 39.7 Å². The molecule has 1 N–H and O–H groups in total. The van der Waals surface area contributed by atoms with Crippen molar-refractivity contribution < 1.29 is 24.2 Å². The predicted octanol–water partition coefficient (Wildman–Crippen LogP) is 4.62. The van der Waals surface area contributed by atoms with Crippen LogP contribution in [0.4, 0.5) is 0 Å². The molecule has 0 radical (unpaired) electrons. The molecule has 1 fully saturated rings. The average Bonchev–Trinajstić information content (AvgIpc) is 3.02. The molecule has 1 saturated heterocycles. The van der Waals surface area contributed by atoms with Crippen LogP contribution in [0.3, 0.4) is 0 Å². The van der Waals surface area contributed by atoms with Crippen LogP contribution in [-0.4, -0.2) is 42.0 Å². The number of Topliss-reactive ketones (excluding diaryl/α,β-unsaturated/α-hetero) is 1. The van der Waals surface area contributed by atoms with Crippen LogP contribution in [0.25, 0.3) is 5.76 Å². The zero-order valence-corrected chi connectivity index (χ0v) is 18.5. The molecule has 1 atom stereocenters. The number of carbonyl (C=O) groups excluding carboxylic acids is 2. The Bertz CT molecular complexity index is 993. The summed E-state index contributed by atoms with van der Waals surface area (Å²) < 4.78 is 11.0. The van der Waals surface area contributed by atoms with Crippen LogP contribution in [0, 0.1) is 6.92 Å². The van der Waals surface area contributed by atoms with Gasteiger partial charge in [0.05, 0.1) is 30.9 Å². The third-order valence-electron chi connectivity index (χ3n) is 5.28. The van der Waals surface area contributed by atoms with Gasteiger partial charge in [0.15, 0.2) is 0 Å². The molecular weight excluding hydrogens is 394 g/mol. The molecule has 0 saturated carbocycles. The zero-order chi connectivity index (χ0) is 22.5. The van der Waals surface area contributed by atoms with Gasteiger partial charge in [-0.05, 0) is 49.6 Å². The lowest BCUT2D eigenvalue weighted by Crippen LogP contribution is -2.30. The molecule has 0 bridgehead atoms. The van der Waals surface area contributed by atoms with E-state index in [-0.39, 0.29) is 11.3 Å². The first kappa shape index (κ1) is 22.4. The number of nitrogens with zero attached hydrogens (tertiary/aromatic N) is 1. The minimum absolute atomic E-state index is 0.0737. The quantitative estimate of drug-likeness (QED) is 0.381. The first-order valence-electron chi connectivity index (χ1n) is 10.6. The van der Waals surface area contributed by atoms with Gasteiger partial charge < -0.3 is 19.5 Å². The van der Waals surface area contributed by atoms with E-state index in [1.165, 1.54) is 12.0 Å². The second kappa shape index (κ2) is 9.69. The van der Waals surface area contributed by atoms with Gasteiger partial charge in [-0.3, -0.25) is 9.59 Å². The fourth-order valence-corrected chi connectivity index (χ4v) is 3.82. The Morgan fingerprint density at radius 2 is 1.77 bits per heavy atom. The van der Waals surface area contributed by atoms with Gasteiger partial charge in [0.25, 0.3) is 11.7 Å². The molecule has 3 rings (SSSR count). The molecule has 1 amide bonds. The highest BCUT2D eigenvalue weighted by Gasteiger charge is 2.45. The number of benzene rings is 2. The normalized spacial score (nSPS) is 17.8. The van der Waals surface area contributed by atoms with Gasteiger partial charge in [0.1, 0.15) is 17.3 Å². The van der Waals surface area contributed by atoms with Crippen LogP contribution in [0.2, 0.25) is 0 Å². The Balaban J connectivity index is 2.14. The molecule has 1 unspecified atom stereocenters. The topological polar surface area (TPSA) is 76.1 Å². The lowest BCUT2D eigenvalue weighted by atomic mass is 9.94. The van der Waals surface area contributed by atoms with E-state index in [1.807, 2.05) is 51.1 Å². The van der Waals surface area contributed by atoms with E-state index in [2.05, 4.69) is 0 Å². The molecule has 1 aliphatic rings. The van der Waals surface area contributed by atoms with Crippen molar-refractivity contribution in [2.24, 2.45) is 0 Å². The van der Waals surface area contributed by atoms with Crippen molar-refractivity contribution in [2.75, 3.05) is 20.3 Å². The van der Waals surface area contributed by atoms with E-state index in [1.54, 1.807) is 12.1 Å². The van der Waals surface area contributed by atoms with Gasteiger partial charge in [-0.15, -0.1) is 0 Å². The molecule has 2 aromatic rings. The Hall–Kier alpha value is -3.28. The molecule has 6 nitrogen and oxygen atoms in total. The third kappa shape index (κ3) is 4.43. The summed E-state index contributed by atoms with van der Waals surface area (Å²) in [7, 11) is 1.50. The number of aliphatic hydroxyl groups is 1. The Kier molecular flexibility index (Phi) is 7.00. The van der Waals surface area contributed by atoms with Crippen molar-refractivity contribution in [1.82, 2.24) is 4.90 Å². The van der Waals surface area contributed by atoms with Crippen LogP contribution in [-0.2, 0) is 9.59 Å². The summed E-state index contributed by atoms with van der Waals surface area (Å²) in [6.45, 7) is 6.89. The fraction of sp³-hybridized carbons (Fsp3) is 0.360. The summed E-state index contributed by atoms with van der Waals surface area (Å²) >= 11 is 0. The molecule has 1 heterocycles. The summed E-state index contributed by atoms with van der Waals surface area (Å²) in [5.41, 5.74) is 2.11. The summed E-state index contributed by atoms with van der Waals surface area (Å²) in [6, 6.07) is 12.0. The second-order valence-electron chi connectivity index (χ2n) is 7.61.